The lowest BCUT2D eigenvalue weighted by Gasteiger charge is -2.06. The van der Waals surface area contributed by atoms with Gasteiger partial charge in [0.2, 0.25) is 11.8 Å². The van der Waals surface area contributed by atoms with Crippen molar-refractivity contribution < 1.29 is 14.0 Å². The molecule has 0 aliphatic carbocycles. The van der Waals surface area contributed by atoms with Gasteiger partial charge in [-0.2, -0.15) is 0 Å². The highest BCUT2D eigenvalue weighted by Gasteiger charge is 2.17. The van der Waals surface area contributed by atoms with Crippen LogP contribution in [0, 0.1) is 0 Å². The van der Waals surface area contributed by atoms with Gasteiger partial charge in [-0.3, -0.25) is 9.59 Å². The van der Waals surface area contributed by atoms with Crippen molar-refractivity contribution in [3.8, 4) is 11.5 Å². The molecule has 0 radical (unpaired) electrons. The number of rotatable bonds is 4. The van der Waals surface area contributed by atoms with Crippen LogP contribution < -0.4 is 10.6 Å². The van der Waals surface area contributed by atoms with E-state index in [0.29, 0.717) is 22.0 Å². The van der Waals surface area contributed by atoms with Gasteiger partial charge in [-0.15, -0.1) is 10.2 Å². The average Bonchev–Trinajstić information content (AvgIpc) is 3.05. The number of nitrogens with zero attached hydrogens (tertiary/aromatic N) is 2. The molecular weight excluding hydrogens is 344 g/mol. The second kappa shape index (κ2) is 7.14. The van der Waals surface area contributed by atoms with Crippen molar-refractivity contribution in [2.24, 2.45) is 0 Å². The van der Waals surface area contributed by atoms with Crippen LogP contribution in [0.5, 0.6) is 0 Å². The molecule has 25 heavy (non-hydrogen) atoms. The Bertz CT molecular complexity index is 939. The summed E-state index contributed by atoms with van der Waals surface area (Å²) in [6.07, 6.45) is 0. The van der Waals surface area contributed by atoms with Crippen LogP contribution in [0.3, 0.4) is 0 Å². The van der Waals surface area contributed by atoms with Gasteiger partial charge >= 0.3 is 11.8 Å². The smallest absolute Gasteiger partial charge is 0.313 e. The largest absolute Gasteiger partial charge is 0.412 e. The quantitative estimate of drug-likeness (QED) is 0.744. The minimum absolute atomic E-state index is 0.155. The number of amides is 2. The third-order valence-electron chi connectivity index (χ3n) is 3.16. The Labute approximate surface area is 148 Å². The summed E-state index contributed by atoms with van der Waals surface area (Å²) in [5.74, 6) is -0.807. The van der Waals surface area contributed by atoms with E-state index in [9.17, 15) is 9.59 Å². The minimum Gasteiger partial charge on any atom is -0.412 e. The van der Waals surface area contributed by atoms with E-state index in [1.165, 1.54) is 6.92 Å². The molecule has 2 N–H and O–H groups in total. The SMILES string of the molecule is CC(=O)Nc1cccc(NC(=O)c2nnc(-c3ccccc3Cl)o2)c1. The molecule has 3 aromatic rings. The number of carbonyl (C=O) groups is 2. The van der Waals surface area contributed by atoms with E-state index < -0.39 is 5.91 Å². The zero-order valence-electron chi connectivity index (χ0n) is 13.1. The number of halogens is 1. The molecule has 8 heteroatoms. The van der Waals surface area contributed by atoms with E-state index in [-0.39, 0.29) is 17.7 Å². The summed E-state index contributed by atoms with van der Waals surface area (Å²) < 4.78 is 5.39. The number of carbonyl (C=O) groups excluding carboxylic acids is 2. The lowest BCUT2D eigenvalue weighted by molar-refractivity contribution is -0.114. The molecule has 0 saturated carbocycles. The number of hydrogen-bond donors (Lipinski definition) is 2. The number of hydrogen-bond acceptors (Lipinski definition) is 5. The van der Waals surface area contributed by atoms with Crippen LogP contribution in [0.4, 0.5) is 11.4 Å². The Morgan fingerprint density at radius 2 is 1.72 bits per heavy atom. The van der Waals surface area contributed by atoms with Crippen molar-refractivity contribution in [2.45, 2.75) is 6.92 Å². The molecule has 0 atom stereocenters. The van der Waals surface area contributed by atoms with Gasteiger partial charge in [0, 0.05) is 18.3 Å². The Morgan fingerprint density at radius 3 is 2.44 bits per heavy atom. The van der Waals surface area contributed by atoms with Gasteiger partial charge in [-0.25, -0.2) is 0 Å². The molecule has 2 amide bonds. The van der Waals surface area contributed by atoms with E-state index in [1.54, 1.807) is 48.5 Å². The third kappa shape index (κ3) is 4.02. The highest BCUT2D eigenvalue weighted by molar-refractivity contribution is 6.33. The van der Waals surface area contributed by atoms with Crippen molar-refractivity contribution in [1.82, 2.24) is 10.2 Å². The van der Waals surface area contributed by atoms with Gasteiger partial charge in [0.05, 0.1) is 10.6 Å². The molecule has 0 aliphatic rings. The summed E-state index contributed by atoms with van der Waals surface area (Å²) in [5.41, 5.74) is 1.59. The van der Waals surface area contributed by atoms with Crippen LogP contribution in [0.1, 0.15) is 17.6 Å². The molecule has 1 aromatic heterocycles. The summed E-state index contributed by atoms with van der Waals surface area (Å²) in [6.45, 7) is 1.40. The maximum Gasteiger partial charge on any atom is 0.313 e. The summed E-state index contributed by atoms with van der Waals surface area (Å²) >= 11 is 6.07. The monoisotopic (exact) mass is 356 g/mol. The minimum atomic E-state index is -0.564. The molecule has 126 valence electrons. The first kappa shape index (κ1) is 16.7. The van der Waals surface area contributed by atoms with Crippen LogP contribution >= 0.6 is 11.6 Å². The van der Waals surface area contributed by atoms with E-state index in [4.69, 9.17) is 16.0 Å². The fourth-order valence-electron chi connectivity index (χ4n) is 2.12. The van der Waals surface area contributed by atoms with Gasteiger partial charge in [0.1, 0.15) is 0 Å². The van der Waals surface area contributed by atoms with E-state index in [0.717, 1.165) is 0 Å². The Hall–Kier alpha value is -3.19. The molecule has 1 heterocycles. The average molecular weight is 357 g/mol. The maximum atomic E-state index is 12.2. The zero-order chi connectivity index (χ0) is 17.8. The lowest BCUT2D eigenvalue weighted by atomic mass is 10.2. The fourth-order valence-corrected chi connectivity index (χ4v) is 2.34. The van der Waals surface area contributed by atoms with Gasteiger partial charge in [0.25, 0.3) is 0 Å². The van der Waals surface area contributed by atoms with Crippen molar-refractivity contribution in [3.05, 3.63) is 59.4 Å². The molecule has 7 nitrogen and oxygen atoms in total. The normalized spacial score (nSPS) is 10.3. The van der Waals surface area contributed by atoms with Crippen LogP contribution in [0.15, 0.2) is 52.9 Å². The van der Waals surface area contributed by atoms with Gasteiger partial charge in [-0.1, -0.05) is 29.8 Å². The predicted molar refractivity (Wildman–Crippen MR) is 93.4 cm³/mol. The first-order chi connectivity index (χ1) is 12.0. The van der Waals surface area contributed by atoms with Crippen molar-refractivity contribution in [3.63, 3.8) is 0 Å². The second-order valence-electron chi connectivity index (χ2n) is 5.11. The Balaban J connectivity index is 1.76. The summed E-state index contributed by atoms with van der Waals surface area (Å²) in [4.78, 5) is 23.3. The topological polar surface area (TPSA) is 97.1 Å². The van der Waals surface area contributed by atoms with Crippen LogP contribution in [-0.2, 0) is 4.79 Å². The van der Waals surface area contributed by atoms with E-state index in [2.05, 4.69) is 20.8 Å². The van der Waals surface area contributed by atoms with Crippen LogP contribution in [0.25, 0.3) is 11.5 Å². The number of aromatic nitrogens is 2. The maximum absolute atomic E-state index is 12.2. The van der Waals surface area contributed by atoms with Gasteiger partial charge < -0.3 is 15.1 Å². The molecule has 0 aliphatic heterocycles. The third-order valence-corrected chi connectivity index (χ3v) is 3.49. The van der Waals surface area contributed by atoms with Gasteiger partial charge in [0.15, 0.2) is 0 Å². The lowest BCUT2D eigenvalue weighted by Crippen LogP contribution is -2.13. The molecule has 0 bridgehead atoms. The standard InChI is InChI=1S/C17H13ClN4O3/c1-10(23)19-11-5-4-6-12(9-11)20-15(24)17-22-21-16(25-17)13-7-2-3-8-14(13)18/h2-9H,1H3,(H,19,23)(H,20,24). The van der Waals surface area contributed by atoms with Gasteiger partial charge in [-0.05, 0) is 30.3 Å². The molecule has 0 fully saturated rings. The predicted octanol–water partition coefficient (Wildman–Crippen LogP) is 3.60. The number of nitrogens with one attached hydrogen (secondary N) is 2. The van der Waals surface area contributed by atoms with Crippen molar-refractivity contribution in [1.29, 1.82) is 0 Å². The van der Waals surface area contributed by atoms with Crippen LogP contribution in [0.2, 0.25) is 5.02 Å². The highest BCUT2D eigenvalue weighted by Crippen LogP contribution is 2.26. The van der Waals surface area contributed by atoms with Crippen LogP contribution in [-0.4, -0.2) is 22.0 Å². The summed E-state index contributed by atoms with van der Waals surface area (Å²) in [5, 5.41) is 13.3. The van der Waals surface area contributed by atoms with Crippen molar-refractivity contribution in [2.75, 3.05) is 10.6 Å². The molecule has 0 saturated heterocycles. The molecule has 3 rings (SSSR count). The second-order valence-corrected chi connectivity index (χ2v) is 5.52. The van der Waals surface area contributed by atoms with E-state index >= 15 is 0 Å². The molecule has 0 spiro atoms. The summed E-state index contributed by atoms with van der Waals surface area (Å²) in [6, 6.07) is 13.7. The Morgan fingerprint density at radius 1 is 1.00 bits per heavy atom. The summed E-state index contributed by atoms with van der Waals surface area (Å²) in [7, 11) is 0. The Kier molecular flexibility index (Phi) is 4.76. The molecule has 2 aromatic carbocycles. The first-order valence-electron chi connectivity index (χ1n) is 7.30. The highest BCUT2D eigenvalue weighted by atomic mass is 35.5. The van der Waals surface area contributed by atoms with Crippen molar-refractivity contribution >= 4 is 34.8 Å². The van der Waals surface area contributed by atoms with E-state index in [1.807, 2.05) is 0 Å². The number of benzene rings is 2. The number of anilines is 2. The zero-order valence-corrected chi connectivity index (χ0v) is 13.9. The fraction of sp³-hybridized carbons (Fsp3) is 0.0588. The molecular formula is C17H13ClN4O3. The first-order valence-corrected chi connectivity index (χ1v) is 7.68. The molecule has 0 unspecified atom stereocenters.